The van der Waals surface area contributed by atoms with E-state index < -0.39 is 11.9 Å². The lowest BCUT2D eigenvalue weighted by molar-refractivity contribution is -0.146. The molecule has 0 bridgehead atoms. The van der Waals surface area contributed by atoms with E-state index in [-0.39, 0.29) is 13.0 Å². The van der Waals surface area contributed by atoms with Gasteiger partial charge in [-0.2, -0.15) is 8.75 Å². The van der Waals surface area contributed by atoms with Gasteiger partial charge in [0.25, 0.3) is 5.91 Å². The van der Waals surface area contributed by atoms with Crippen molar-refractivity contribution >= 4 is 51.3 Å². The number of aromatic nitrogens is 2. The quantitative estimate of drug-likeness (QED) is 0.517. The van der Waals surface area contributed by atoms with Crippen LogP contribution in [0.4, 0.5) is 5.69 Å². The number of carbonyl (C=O) groups excluding carboxylic acids is 2. The maximum atomic E-state index is 12.2. The summed E-state index contributed by atoms with van der Waals surface area (Å²) in [6.07, 6.45) is 1.60. The fourth-order valence-corrected chi connectivity index (χ4v) is 3.52. The molecule has 4 aromatic rings. The van der Waals surface area contributed by atoms with Crippen LogP contribution in [0.5, 0.6) is 0 Å². The first-order chi connectivity index (χ1) is 13.5. The molecule has 7 nitrogen and oxygen atoms in total. The monoisotopic (exact) mass is 395 g/mol. The molecule has 0 fully saturated rings. The second-order valence-electron chi connectivity index (χ2n) is 6.47. The maximum absolute atomic E-state index is 12.2. The minimum atomic E-state index is -0.496. The number of benzene rings is 2. The van der Waals surface area contributed by atoms with Crippen molar-refractivity contribution in [2.24, 2.45) is 0 Å². The molecule has 0 saturated heterocycles. The Morgan fingerprint density at radius 2 is 2.04 bits per heavy atom. The van der Waals surface area contributed by atoms with Crippen LogP contribution in [0.3, 0.4) is 0 Å². The molecule has 0 aliphatic heterocycles. The van der Waals surface area contributed by atoms with Gasteiger partial charge in [-0.1, -0.05) is 18.2 Å². The summed E-state index contributed by atoms with van der Waals surface area (Å²) in [5.41, 5.74) is 5.53. The third-order valence-electron chi connectivity index (χ3n) is 4.60. The van der Waals surface area contributed by atoms with Gasteiger partial charge >= 0.3 is 5.97 Å². The summed E-state index contributed by atoms with van der Waals surface area (Å²) in [5.74, 6) is -0.929. The van der Waals surface area contributed by atoms with Crippen molar-refractivity contribution < 1.29 is 18.7 Å². The molecule has 0 radical (unpaired) electrons. The molecule has 0 aliphatic carbocycles. The third kappa shape index (κ3) is 3.46. The summed E-state index contributed by atoms with van der Waals surface area (Å²) in [6.45, 7) is 3.61. The van der Waals surface area contributed by atoms with Crippen LogP contribution in [0.15, 0.2) is 41.0 Å². The molecule has 8 heteroatoms. The normalized spacial score (nSPS) is 11.1. The van der Waals surface area contributed by atoms with Crippen molar-refractivity contribution in [3.05, 3.63) is 53.3 Å². The van der Waals surface area contributed by atoms with Gasteiger partial charge in [-0.15, -0.1) is 0 Å². The van der Waals surface area contributed by atoms with Crippen LogP contribution < -0.4 is 5.32 Å². The van der Waals surface area contributed by atoms with E-state index in [1.807, 2.05) is 32.0 Å². The average Bonchev–Trinajstić information content (AvgIpc) is 3.31. The van der Waals surface area contributed by atoms with Crippen molar-refractivity contribution in [2.75, 3.05) is 11.9 Å². The molecule has 2 aromatic carbocycles. The zero-order valence-corrected chi connectivity index (χ0v) is 16.1. The number of hydrogen-bond donors (Lipinski definition) is 1. The standard InChI is InChI=1S/C20H17N3O4S/c1-11-6-7-14-13(9-27-20(14)12(11)2)8-18(25)26-10-17(24)21-15-4-3-5-16-19(15)23-28-22-16/h3-7,9H,8,10H2,1-2H3,(H,21,24). The Labute approximate surface area is 164 Å². The lowest BCUT2D eigenvalue weighted by atomic mass is 10.0. The molecule has 0 unspecified atom stereocenters. The van der Waals surface area contributed by atoms with Crippen molar-refractivity contribution in [1.82, 2.24) is 8.75 Å². The van der Waals surface area contributed by atoms with Crippen LogP contribution >= 0.6 is 11.7 Å². The smallest absolute Gasteiger partial charge is 0.310 e. The van der Waals surface area contributed by atoms with Gasteiger partial charge in [0, 0.05) is 10.9 Å². The minimum absolute atomic E-state index is 0.0361. The highest BCUT2D eigenvalue weighted by atomic mass is 32.1. The Morgan fingerprint density at radius 1 is 1.18 bits per heavy atom. The number of hydrogen-bond acceptors (Lipinski definition) is 7. The first kappa shape index (κ1) is 18.1. The highest BCUT2D eigenvalue weighted by Crippen LogP contribution is 2.27. The van der Waals surface area contributed by atoms with E-state index in [0.29, 0.717) is 16.7 Å². The van der Waals surface area contributed by atoms with Crippen molar-refractivity contribution in [3.63, 3.8) is 0 Å². The molecule has 4 rings (SSSR count). The molecule has 0 saturated carbocycles. The Kier molecular flexibility index (Phi) is 4.79. The summed E-state index contributed by atoms with van der Waals surface area (Å²) in [4.78, 5) is 24.3. The fraction of sp³-hybridized carbons (Fsp3) is 0.200. The van der Waals surface area contributed by atoms with Crippen molar-refractivity contribution in [1.29, 1.82) is 0 Å². The van der Waals surface area contributed by atoms with E-state index in [4.69, 9.17) is 9.15 Å². The number of esters is 1. The lowest BCUT2D eigenvalue weighted by Crippen LogP contribution is -2.21. The molecule has 28 heavy (non-hydrogen) atoms. The number of carbonyl (C=O) groups is 2. The van der Waals surface area contributed by atoms with Gasteiger partial charge in [0.15, 0.2) is 6.61 Å². The van der Waals surface area contributed by atoms with Gasteiger partial charge < -0.3 is 14.5 Å². The first-order valence-electron chi connectivity index (χ1n) is 8.66. The summed E-state index contributed by atoms with van der Waals surface area (Å²) in [5, 5.41) is 3.58. The third-order valence-corrected chi connectivity index (χ3v) is 5.14. The number of fused-ring (bicyclic) bond motifs is 2. The van der Waals surface area contributed by atoms with Gasteiger partial charge in [-0.3, -0.25) is 9.59 Å². The number of rotatable bonds is 5. The van der Waals surface area contributed by atoms with Gasteiger partial charge in [0.05, 0.1) is 30.1 Å². The molecule has 142 valence electrons. The Bertz CT molecular complexity index is 1190. The molecule has 0 aliphatic rings. The second kappa shape index (κ2) is 7.40. The highest BCUT2D eigenvalue weighted by Gasteiger charge is 2.15. The zero-order chi connectivity index (χ0) is 19.7. The van der Waals surface area contributed by atoms with E-state index in [0.717, 1.165) is 39.4 Å². The summed E-state index contributed by atoms with van der Waals surface area (Å²) in [6, 6.07) is 9.24. The molecular formula is C20H17N3O4S. The Morgan fingerprint density at radius 3 is 2.89 bits per heavy atom. The van der Waals surface area contributed by atoms with E-state index >= 15 is 0 Å². The minimum Gasteiger partial charge on any atom is -0.464 e. The lowest BCUT2D eigenvalue weighted by Gasteiger charge is -2.07. The average molecular weight is 395 g/mol. The number of nitrogens with zero attached hydrogens (tertiary/aromatic N) is 2. The Balaban J connectivity index is 1.37. The largest absolute Gasteiger partial charge is 0.464 e. The predicted octanol–water partition coefficient (Wildman–Crippen LogP) is 3.78. The van der Waals surface area contributed by atoms with Gasteiger partial charge in [0.2, 0.25) is 0 Å². The molecule has 2 heterocycles. The van der Waals surface area contributed by atoms with Crippen LogP contribution in [-0.2, 0) is 20.7 Å². The fourth-order valence-electron chi connectivity index (χ4n) is 2.97. The first-order valence-corrected chi connectivity index (χ1v) is 9.39. The van der Waals surface area contributed by atoms with Gasteiger partial charge in [-0.05, 0) is 37.1 Å². The summed E-state index contributed by atoms with van der Waals surface area (Å²) >= 11 is 1.07. The molecule has 1 amide bonds. The van der Waals surface area contributed by atoms with E-state index in [9.17, 15) is 9.59 Å². The number of amides is 1. The molecular weight excluding hydrogens is 378 g/mol. The van der Waals surface area contributed by atoms with Crippen LogP contribution in [-0.4, -0.2) is 27.2 Å². The molecule has 0 spiro atoms. The van der Waals surface area contributed by atoms with E-state index in [1.54, 1.807) is 18.4 Å². The number of aryl methyl sites for hydroxylation is 2. The van der Waals surface area contributed by atoms with Gasteiger partial charge in [0.1, 0.15) is 16.6 Å². The van der Waals surface area contributed by atoms with Crippen LogP contribution in [0, 0.1) is 13.8 Å². The molecule has 0 atom stereocenters. The SMILES string of the molecule is Cc1ccc2c(CC(=O)OCC(=O)Nc3cccc4nsnc34)coc2c1C. The summed E-state index contributed by atoms with van der Waals surface area (Å²) in [7, 11) is 0. The van der Waals surface area contributed by atoms with Crippen molar-refractivity contribution in [3.8, 4) is 0 Å². The maximum Gasteiger partial charge on any atom is 0.310 e. The molecule has 1 N–H and O–H groups in total. The summed E-state index contributed by atoms with van der Waals surface area (Å²) < 4.78 is 19.0. The van der Waals surface area contributed by atoms with E-state index in [2.05, 4.69) is 14.1 Å². The number of furan rings is 1. The van der Waals surface area contributed by atoms with Gasteiger partial charge in [-0.25, -0.2) is 0 Å². The van der Waals surface area contributed by atoms with E-state index in [1.165, 1.54) is 0 Å². The number of ether oxygens (including phenoxy) is 1. The van der Waals surface area contributed by atoms with Crippen LogP contribution in [0.2, 0.25) is 0 Å². The molecule has 2 aromatic heterocycles. The highest BCUT2D eigenvalue weighted by molar-refractivity contribution is 7.00. The van der Waals surface area contributed by atoms with Crippen LogP contribution in [0.25, 0.3) is 22.0 Å². The van der Waals surface area contributed by atoms with Crippen molar-refractivity contribution in [2.45, 2.75) is 20.3 Å². The zero-order valence-electron chi connectivity index (χ0n) is 15.3. The predicted molar refractivity (Wildman–Crippen MR) is 106 cm³/mol. The Hall–Kier alpha value is -3.26. The van der Waals surface area contributed by atoms with Crippen LogP contribution in [0.1, 0.15) is 16.7 Å². The number of nitrogens with one attached hydrogen (secondary N) is 1. The second-order valence-corrected chi connectivity index (χ2v) is 7.00. The number of anilines is 1. The topological polar surface area (TPSA) is 94.3 Å².